The topological polar surface area (TPSA) is 64.3 Å². The van der Waals surface area contributed by atoms with E-state index < -0.39 is 0 Å². The number of nitrogens with two attached hydrogens (primary N) is 1. The zero-order chi connectivity index (χ0) is 13.7. The lowest BCUT2D eigenvalue weighted by atomic mass is 10.0. The largest absolute Gasteiger partial charge is 0.383 e. The van der Waals surface area contributed by atoms with Crippen LogP contribution in [0.2, 0.25) is 0 Å². The van der Waals surface area contributed by atoms with Gasteiger partial charge in [0, 0.05) is 19.2 Å². The molecular weight excluding hydrogens is 240 g/mol. The first kappa shape index (κ1) is 13.5. The van der Waals surface area contributed by atoms with Crippen molar-refractivity contribution in [3.8, 4) is 0 Å². The van der Waals surface area contributed by atoms with Crippen molar-refractivity contribution in [1.82, 2.24) is 5.32 Å². The van der Waals surface area contributed by atoms with E-state index in [-0.39, 0.29) is 11.9 Å². The Labute approximate surface area is 112 Å². The molecule has 1 amide bonds. The lowest BCUT2D eigenvalue weighted by Crippen LogP contribution is -2.43. The molecule has 0 radical (unpaired) electrons. The van der Waals surface area contributed by atoms with Crippen molar-refractivity contribution in [1.29, 1.82) is 0 Å². The summed E-state index contributed by atoms with van der Waals surface area (Å²) in [6.07, 6.45) is 0. The second kappa shape index (κ2) is 6.31. The Morgan fingerprint density at radius 2 is 2.00 bits per heavy atom. The van der Waals surface area contributed by atoms with Crippen molar-refractivity contribution in [2.75, 3.05) is 20.3 Å². The molecule has 1 atom stereocenters. The number of ether oxygens (including phenoxy) is 1. The van der Waals surface area contributed by atoms with Gasteiger partial charge in [0.2, 0.25) is 0 Å². The molecule has 0 heterocycles. The maximum absolute atomic E-state index is 12.3. The van der Waals surface area contributed by atoms with Crippen molar-refractivity contribution in [2.45, 2.75) is 6.04 Å². The highest BCUT2D eigenvalue weighted by Crippen LogP contribution is 2.18. The van der Waals surface area contributed by atoms with Gasteiger partial charge in [-0.1, -0.05) is 36.4 Å². The fourth-order valence-electron chi connectivity index (χ4n) is 2.06. The number of benzene rings is 2. The summed E-state index contributed by atoms with van der Waals surface area (Å²) in [5.74, 6) is -0.121. The van der Waals surface area contributed by atoms with Crippen molar-refractivity contribution in [3.63, 3.8) is 0 Å². The zero-order valence-electron chi connectivity index (χ0n) is 10.9. The molecule has 2 aromatic rings. The van der Waals surface area contributed by atoms with Gasteiger partial charge in [0.25, 0.3) is 5.91 Å². The molecule has 2 aromatic carbocycles. The summed E-state index contributed by atoms with van der Waals surface area (Å²) in [5.41, 5.74) is 6.26. The van der Waals surface area contributed by atoms with Gasteiger partial charge in [-0.3, -0.25) is 4.79 Å². The van der Waals surface area contributed by atoms with Crippen molar-refractivity contribution in [3.05, 3.63) is 48.0 Å². The lowest BCUT2D eigenvalue weighted by molar-refractivity contribution is 0.0902. The lowest BCUT2D eigenvalue weighted by Gasteiger charge is -2.16. The number of amides is 1. The number of hydrogen-bond acceptors (Lipinski definition) is 3. The summed E-state index contributed by atoms with van der Waals surface area (Å²) in [6.45, 7) is 0.761. The average Bonchev–Trinajstić information content (AvgIpc) is 2.46. The van der Waals surface area contributed by atoms with Crippen LogP contribution in [0.1, 0.15) is 10.4 Å². The highest BCUT2D eigenvalue weighted by Gasteiger charge is 2.14. The molecule has 1 unspecified atom stereocenters. The Kier molecular flexibility index (Phi) is 4.49. The first-order valence-corrected chi connectivity index (χ1v) is 6.24. The van der Waals surface area contributed by atoms with Gasteiger partial charge >= 0.3 is 0 Å². The van der Waals surface area contributed by atoms with E-state index in [1.165, 1.54) is 0 Å². The van der Waals surface area contributed by atoms with Gasteiger partial charge in [0.05, 0.1) is 12.6 Å². The molecule has 0 fully saturated rings. The standard InChI is InChI=1S/C15H18N2O2/c1-19-10-12(9-16)17-15(18)14-8-4-6-11-5-2-3-7-13(11)14/h2-8,12H,9-10,16H2,1H3,(H,17,18). The van der Waals surface area contributed by atoms with Crippen LogP contribution < -0.4 is 11.1 Å². The Hall–Kier alpha value is -1.91. The summed E-state index contributed by atoms with van der Waals surface area (Å²) in [5, 5.41) is 4.87. The summed E-state index contributed by atoms with van der Waals surface area (Å²) < 4.78 is 5.02. The maximum Gasteiger partial charge on any atom is 0.252 e. The van der Waals surface area contributed by atoms with E-state index in [1.54, 1.807) is 7.11 Å². The van der Waals surface area contributed by atoms with Crippen LogP contribution in [0.5, 0.6) is 0 Å². The molecule has 100 valence electrons. The number of hydrogen-bond donors (Lipinski definition) is 2. The van der Waals surface area contributed by atoms with Gasteiger partial charge in [-0.05, 0) is 16.8 Å². The molecule has 19 heavy (non-hydrogen) atoms. The molecule has 0 saturated carbocycles. The predicted octanol–water partition coefficient (Wildman–Crippen LogP) is 1.54. The van der Waals surface area contributed by atoms with E-state index in [0.29, 0.717) is 18.7 Å². The van der Waals surface area contributed by atoms with Crippen molar-refractivity contribution < 1.29 is 9.53 Å². The maximum atomic E-state index is 12.3. The molecule has 2 rings (SSSR count). The van der Waals surface area contributed by atoms with Gasteiger partial charge in [-0.15, -0.1) is 0 Å². The normalized spacial score (nSPS) is 12.3. The molecule has 4 heteroatoms. The fourth-order valence-corrected chi connectivity index (χ4v) is 2.06. The minimum absolute atomic E-state index is 0.121. The molecule has 4 nitrogen and oxygen atoms in total. The Morgan fingerprint density at radius 3 is 2.74 bits per heavy atom. The number of carbonyl (C=O) groups excluding carboxylic acids is 1. The number of methoxy groups -OCH3 is 1. The van der Waals surface area contributed by atoms with Crippen LogP contribution in [0.4, 0.5) is 0 Å². The Bertz CT molecular complexity index is 564. The molecule has 0 saturated heterocycles. The van der Waals surface area contributed by atoms with Crippen LogP contribution in [0.15, 0.2) is 42.5 Å². The van der Waals surface area contributed by atoms with E-state index in [4.69, 9.17) is 10.5 Å². The average molecular weight is 258 g/mol. The Balaban J connectivity index is 2.26. The third-order valence-electron chi connectivity index (χ3n) is 3.02. The van der Waals surface area contributed by atoms with Crippen LogP contribution in [0, 0.1) is 0 Å². The third-order valence-corrected chi connectivity index (χ3v) is 3.02. The first-order valence-electron chi connectivity index (χ1n) is 6.24. The highest BCUT2D eigenvalue weighted by atomic mass is 16.5. The van der Waals surface area contributed by atoms with Crippen LogP contribution >= 0.6 is 0 Å². The van der Waals surface area contributed by atoms with E-state index in [2.05, 4.69) is 5.32 Å². The van der Waals surface area contributed by atoms with Crippen molar-refractivity contribution >= 4 is 16.7 Å². The summed E-state index contributed by atoms with van der Waals surface area (Å²) in [7, 11) is 1.59. The molecule has 0 spiro atoms. The van der Waals surface area contributed by atoms with Gasteiger partial charge in [-0.2, -0.15) is 0 Å². The minimum atomic E-state index is -0.170. The molecule has 0 bridgehead atoms. The van der Waals surface area contributed by atoms with Crippen LogP contribution in [0.3, 0.4) is 0 Å². The van der Waals surface area contributed by atoms with E-state index >= 15 is 0 Å². The summed E-state index contributed by atoms with van der Waals surface area (Å²) >= 11 is 0. The number of rotatable bonds is 5. The minimum Gasteiger partial charge on any atom is -0.383 e. The second-order valence-electron chi connectivity index (χ2n) is 4.39. The van der Waals surface area contributed by atoms with Crippen LogP contribution in [-0.4, -0.2) is 32.2 Å². The molecule has 0 aliphatic carbocycles. The zero-order valence-corrected chi connectivity index (χ0v) is 10.9. The van der Waals surface area contributed by atoms with Gasteiger partial charge in [0.1, 0.15) is 0 Å². The molecule has 0 aliphatic rings. The first-order chi connectivity index (χ1) is 9.26. The summed E-state index contributed by atoms with van der Waals surface area (Å²) in [4.78, 5) is 12.3. The van der Waals surface area contributed by atoms with E-state index in [1.807, 2.05) is 42.5 Å². The smallest absolute Gasteiger partial charge is 0.252 e. The molecule has 0 aliphatic heterocycles. The SMILES string of the molecule is COCC(CN)NC(=O)c1cccc2ccccc12. The number of fused-ring (bicyclic) bond motifs is 1. The molecule has 3 N–H and O–H groups in total. The molecule has 0 aromatic heterocycles. The van der Waals surface area contributed by atoms with Crippen LogP contribution in [0.25, 0.3) is 10.8 Å². The Morgan fingerprint density at radius 1 is 1.26 bits per heavy atom. The van der Waals surface area contributed by atoms with Gasteiger partial charge in [0.15, 0.2) is 0 Å². The predicted molar refractivity (Wildman–Crippen MR) is 76.1 cm³/mol. The highest BCUT2D eigenvalue weighted by molar-refractivity contribution is 6.07. The fraction of sp³-hybridized carbons (Fsp3) is 0.267. The summed E-state index contributed by atoms with van der Waals surface area (Å²) in [6, 6.07) is 13.3. The van der Waals surface area contributed by atoms with Gasteiger partial charge < -0.3 is 15.8 Å². The quantitative estimate of drug-likeness (QED) is 0.855. The van der Waals surface area contributed by atoms with E-state index in [9.17, 15) is 4.79 Å². The number of nitrogens with one attached hydrogen (secondary N) is 1. The van der Waals surface area contributed by atoms with Crippen LogP contribution in [-0.2, 0) is 4.74 Å². The molecular formula is C15H18N2O2. The third kappa shape index (κ3) is 3.10. The monoisotopic (exact) mass is 258 g/mol. The van der Waals surface area contributed by atoms with Crippen molar-refractivity contribution in [2.24, 2.45) is 5.73 Å². The second-order valence-corrected chi connectivity index (χ2v) is 4.39. The van der Waals surface area contributed by atoms with Gasteiger partial charge in [-0.25, -0.2) is 0 Å². The van der Waals surface area contributed by atoms with E-state index in [0.717, 1.165) is 10.8 Å². The number of carbonyl (C=O) groups is 1.